The van der Waals surface area contributed by atoms with E-state index in [1.54, 1.807) is 0 Å². The van der Waals surface area contributed by atoms with Gasteiger partial charge in [-0.1, -0.05) is 0 Å². The lowest BCUT2D eigenvalue weighted by atomic mass is 10.2. The zero-order chi connectivity index (χ0) is 12.5. The Hall–Kier alpha value is -0.670. The van der Waals surface area contributed by atoms with Crippen LogP contribution in [-0.4, -0.2) is 11.3 Å². The molecule has 1 rings (SSSR count). The van der Waals surface area contributed by atoms with Crippen LogP contribution in [0.15, 0.2) is 6.20 Å². The van der Waals surface area contributed by atoms with Crippen LogP contribution in [0.3, 0.4) is 0 Å². The molecule has 0 aromatic carbocycles. The van der Waals surface area contributed by atoms with Gasteiger partial charge in [-0.25, -0.2) is 8.78 Å². The van der Waals surface area contributed by atoms with Crippen molar-refractivity contribution in [3.8, 4) is 5.75 Å². The highest BCUT2D eigenvalue weighted by molar-refractivity contribution is 14.1. The molecule has 0 radical (unpaired) electrons. The minimum atomic E-state index is -5.01. The molecule has 0 N–H and O–H groups in total. The molecular formula is C8H5F5INO. The molecular weight excluding hydrogens is 348 g/mol. The van der Waals surface area contributed by atoms with E-state index >= 15 is 0 Å². The van der Waals surface area contributed by atoms with Crippen molar-refractivity contribution >= 4 is 22.6 Å². The van der Waals surface area contributed by atoms with Crippen molar-refractivity contribution in [2.45, 2.75) is 19.7 Å². The van der Waals surface area contributed by atoms with Gasteiger partial charge in [0.25, 0.3) is 6.43 Å². The van der Waals surface area contributed by atoms with E-state index in [-0.39, 0.29) is 9.26 Å². The topological polar surface area (TPSA) is 22.1 Å². The summed E-state index contributed by atoms with van der Waals surface area (Å²) in [5, 5.41) is 0. The lowest BCUT2D eigenvalue weighted by Crippen LogP contribution is -2.19. The van der Waals surface area contributed by atoms with Crippen molar-refractivity contribution < 1.29 is 26.7 Å². The average molecular weight is 353 g/mol. The summed E-state index contributed by atoms with van der Waals surface area (Å²) in [6, 6.07) is 0. The lowest BCUT2D eigenvalue weighted by Gasteiger charge is -2.14. The molecule has 90 valence electrons. The highest BCUT2D eigenvalue weighted by Gasteiger charge is 2.34. The molecule has 1 heterocycles. The van der Waals surface area contributed by atoms with Crippen LogP contribution in [0, 0.1) is 10.5 Å². The van der Waals surface area contributed by atoms with Crippen molar-refractivity contribution in [3.05, 3.63) is 21.0 Å². The fourth-order valence-electron chi connectivity index (χ4n) is 0.994. The van der Waals surface area contributed by atoms with Crippen LogP contribution < -0.4 is 4.74 Å². The summed E-state index contributed by atoms with van der Waals surface area (Å²) in [6.07, 6.45) is -7.41. The van der Waals surface area contributed by atoms with Crippen LogP contribution in [0.1, 0.15) is 17.7 Å². The predicted molar refractivity (Wildman–Crippen MR) is 53.3 cm³/mol. The third-order valence-corrected chi connectivity index (χ3v) is 3.00. The maximum Gasteiger partial charge on any atom is 0.573 e. The fourth-order valence-corrected chi connectivity index (χ4v) is 1.63. The molecule has 0 saturated heterocycles. The van der Waals surface area contributed by atoms with Crippen LogP contribution in [0.4, 0.5) is 22.0 Å². The highest BCUT2D eigenvalue weighted by atomic mass is 127. The first kappa shape index (κ1) is 13.4. The van der Waals surface area contributed by atoms with Crippen molar-refractivity contribution in [2.75, 3.05) is 0 Å². The van der Waals surface area contributed by atoms with Gasteiger partial charge in [-0.15, -0.1) is 13.2 Å². The Morgan fingerprint density at radius 3 is 2.38 bits per heavy atom. The maximum absolute atomic E-state index is 12.6. The van der Waals surface area contributed by atoms with Gasteiger partial charge in [-0.2, -0.15) is 0 Å². The van der Waals surface area contributed by atoms with Crippen molar-refractivity contribution in [1.29, 1.82) is 0 Å². The van der Waals surface area contributed by atoms with Gasteiger partial charge < -0.3 is 4.74 Å². The van der Waals surface area contributed by atoms with E-state index in [1.807, 2.05) is 0 Å². The first-order valence-electron chi connectivity index (χ1n) is 3.91. The van der Waals surface area contributed by atoms with E-state index in [2.05, 4.69) is 9.72 Å². The Labute approximate surface area is 101 Å². The van der Waals surface area contributed by atoms with Gasteiger partial charge in [0.15, 0.2) is 5.75 Å². The molecule has 0 bridgehead atoms. The molecule has 0 aliphatic heterocycles. The van der Waals surface area contributed by atoms with E-state index in [1.165, 1.54) is 29.5 Å². The van der Waals surface area contributed by atoms with Gasteiger partial charge in [0.2, 0.25) is 0 Å². The number of hydrogen-bond donors (Lipinski definition) is 0. The number of alkyl halides is 5. The van der Waals surface area contributed by atoms with Gasteiger partial charge in [-0.05, 0) is 29.5 Å². The van der Waals surface area contributed by atoms with Gasteiger partial charge in [0, 0.05) is 3.57 Å². The van der Waals surface area contributed by atoms with Crippen molar-refractivity contribution in [1.82, 2.24) is 4.98 Å². The number of nitrogens with zero attached hydrogens (tertiary/aromatic N) is 1. The van der Waals surface area contributed by atoms with Gasteiger partial charge in [-0.3, -0.25) is 4.98 Å². The number of hydrogen-bond acceptors (Lipinski definition) is 2. The molecule has 0 unspecified atom stereocenters. The third-order valence-electron chi connectivity index (χ3n) is 1.64. The number of aromatic nitrogens is 1. The molecule has 1 aromatic rings. The second-order valence-corrected chi connectivity index (χ2v) is 3.86. The number of aryl methyl sites for hydroxylation is 1. The lowest BCUT2D eigenvalue weighted by molar-refractivity contribution is -0.275. The minimum Gasteiger partial charge on any atom is -0.404 e. The third kappa shape index (κ3) is 3.16. The van der Waals surface area contributed by atoms with E-state index in [0.717, 1.165) is 0 Å². The second kappa shape index (κ2) is 4.68. The van der Waals surface area contributed by atoms with E-state index in [9.17, 15) is 22.0 Å². The summed E-state index contributed by atoms with van der Waals surface area (Å²) in [5.41, 5.74) is -0.559. The monoisotopic (exact) mass is 353 g/mol. The van der Waals surface area contributed by atoms with Crippen molar-refractivity contribution in [3.63, 3.8) is 0 Å². The van der Waals surface area contributed by atoms with E-state index < -0.39 is 24.1 Å². The summed E-state index contributed by atoms with van der Waals surface area (Å²) >= 11 is 1.51. The first-order valence-corrected chi connectivity index (χ1v) is 4.99. The molecule has 2 nitrogen and oxygen atoms in total. The second-order valence-electron chi connectivity index (χ2n) is 2.78. The van der Waals surface area contributed by atoms with Crippen LogP contribution in [0.2, 0.25) is 0 Å². The molecule has 16 heavy (non-hydrogen) atoms. The summed E-state index contributed by atoms with van der Waals surface area (Å²) in [5.74, 6) is -0.961. The van der Waals surface area contributed by atoms with Gasteiger partial charge in [0.05, 0.1) is 17.5 Å². The van der Waals surface area contributed by atoms with Gasteiger partial charge >= 0.3 is 6.36 Å². The van der Waals surface area contributed by atoms with Crippen LogP contribution in [0.25, 0.3) is 0 Å². The van der Waals surface area contributed by atoms with Crippen LogP contribution >= 0.6 is 22.6 Å². The Morgan fingerprint density at radius 1 is 1.38 bits per heavy atom. The molecule has 1 aromatic heterocycles. The summed E-state index contributed by atoms with van der Waals surface area (Å²) in [7, 11) is 0. The molecule has 0 spiro atoms. The van der Waals surface area contributed by atoms with Crippen molar-refractivity contribution in [2.24, 2.45) is 0 Å². The summed E-state index contributed by atoms with van der Waals surface area (Å²) in [4.78, 5) is 3.54. The quantitative estimate of drug-likeness (QED) is 0.596. The standard InChI is InChI=1S/C8H5F5INO/c1-3-6(14)5(7(9)10)4(2-15-3)16-8(11,12)13/h2,7H,1H3. The van der Waals surface area contributed by atoms with Crippen LogP contribution in [-0.2, 0) is 0 Å². The van der Waals surface area contributed by atoms with E-state index in [0.29, 0.717) is 6.20 Å². The zero-order valence-electron chi connectivity index (χ0n) is 7.78. The predicted octanol–water partition coefficient (Wildman–Crippen LogP) is 3.83. The molecule has 8 heteroatoms. The molecule has 0 aliphatic carbocycles. The molecule has 0 fully saturated rings. The Bertz CT molecular complexity index is 393. The Morgan fingerprint density at radius 2 is 1.94 bits per heavy atom. The number of pyridine rings is 1. The first-order chi connectivity index (χ1) is 7.22. The fraction of sp³-hybridized carbons (Fsp3) is 0.375. The normalized spacial score (nSPS) is 12.0. The average Bonchev–Trinajstić information content (AvgIpc) is 2.08. The summed E-state index contributed by atoms with van der Waals surface area (Å²) < 4.78 is 64.3. The molecule has 0 amide bonds. The number of halogens is 6. The molecule has 0 atom stereocenters. The molecule has 0 aliphatic rings. The van der Waals surface area contributed by atoms with E-state index in [4.69, 9.17) is 0 Å². The minimum absolute atomic E-state index is 0.0330. The molecule has 0 saturated carbocycles. The smallest absolute Gasteiger partial charge is 0.404 e. The summed E-state index contributed by atoms with van der Waals surface area (Å²) in [6.45, 7) is 1.42. The maximum atomic E-state index is 12.6. The number of ether oxygens (including phenoxy) is 1. The number of rotatable bonds is 2. The Balaban J connectivity index is 3.24. The zero-order valence-corrected chi connectivity index (χ0v) is 9.94. The largest absolute Gasteiger partial charge is 0.573 e. The Kier molecular flexibility index (Phi) is 3.92. The van der Waals surface area contributed by atoms with Gasteiger partial charge in [0.1, 0.15) is 0 Å². The SMILES string of the molecule is Cc1ncc(OC(F)(F)F)c(C(F)F)c1I. The van der Waals surface area contributed by atoms with Crippen LogP contribution in [0.5, 0.6) is 5.75 Å². The highest BCUT2D eigenvalue weighted by Crippen LogP contribution is 2.36.